The average molecular weight is 240 g/mol. The molecule has 2 atom stereocenters. The molecule has 0 fully saturated rings. The molecule has 4 heteroatoms. The van der Waals surface area contributed by atoms with Crippen molar-refractivity contribution in [3.05, 3.63) is 29.8 Å². The van der Waals surface area contributed by atoms with Gasteiger partial charge < -0.3 is 10.1 Å². The van der Waals surface area contributed by atoms with Gasteiger partial charge in [0.1, 0.15) is 5.82 Å². The van der Waals surface area contributed by atoms with Gasteiger partial charge in [-0.25, -0.2) is 4.39 Å². The van der Waals surface area contributed by atoms with Crippen LogP contribution in [0.1, 0.15) is 38.8 Å². The first-order chi connectivity index (χ1) is 8.09. The van der Waals surface area contributed by atoms with Gasteiger partial charge in [0.25, 0.3) is 0 Å². The monoisotopic (exact) mass is 240 g/mol. The SMILES string of the molecule is CCOC(C)(CC)C(NC)c1ccncc1F. The maximum absolute atomic E-state index is 13.8. The minimum absolute atomic E-state index is 0.185. The van der Waals surface area contributed by atoms with Gasteiger partial charge in [-0.15, -0.1) is 0 Å². The molecule has 1 aromatic rings. The molecule has 0 amide bonds. The third kappa shape index (κ3) is 3.01. The number of hydrogen-bond acceptors (Lipinski definition) is 3. The summed E-state index contributed by atoms with van der Waals surface area (Å²) in [6.45, 7) is 6.59. The topological polar surface area (TPSA) is 34.1 Å². The summed E-state index contributed by atoms with van der Waals surface area (Å²) in [7, 11) is 1.82. The predicted molar refractivity (Wildman–Crippen MR) is 66.3 cm³/mol. The lowest BCUT2D eigenvalue weighted by atomic mass is 9.88. The second kappa shape index (κ2) is 6.07. The fourth-order valence-electron chi connectivity index (χ4n) is 2.13. The normalized spacial score (nSPS) is 16.5. The highest BCUT2D eigenvalue weighted by molar-refractivity contribution is 5.21. The summed E-state index contributed by atoms with van der Waals surface area (Å²) in [6, 6.07) is 1.51. The average Bonchev–Trinajstić information content (AvgIpc) is 2.33. The Morgan fingerprint density at radius 2 is 2.24 bits per heavy atom. The summed E-state index contributed by atoms with van der Waals surface area (Å²) in [4.78, 5) is 3.77. The standard InChI is InChI=1S/C13H21FN2O/c1-5-13(3,17-6-2)12(15-4)10-7-8-16-9-11(10)14/h7-9,12,15H,5-6H2,1-4H3. The van der Waals surface area contributed by atoms with Crippen molar-refractivity contribution in [1.29, 1.82) is 0 Å². The quantitative estimate of drug-likeness (QED) is 0.830. The fraction of sp³-hybridized carbons (Fsp3) is 0.615. The molecular weight excluding hydrogens is 219 g/mol. The Bertz CT molecular complexity index is 359. The van der Waals surface area contributed by atoms with Crippen molar-refractivity contribution >= 4 is 0 Å². The number of ether oxygens (including phenoxy) is 1. The van der Waals surface area contributed by atoms with E-state index in [1.54, 1.807) is 12.3 Å². The summed E-state index contributed by atoms with van der Waals surface area (Å²) >= 11 is 0. The number of halogens is 1. The van der Waals surface area contributed by atoms with Crippen molar-refractivity contribution in [2.45, 2.75) is 38.8 Å². The number of nitrogens with one attached hydrogen (secondary N) is 1. The summed E-state index contributed by atoms with van der Waals surface area (Å²) in [5, 5.41) is 3.14. The van der Waals surface area contributed by atoms with Gasteiger partial charge in [-0.1, -0.05) is 6.92 Å². The van der Waals surface area contributed by atoms with Crippen LogP contribution in [0.2, 0.25) is 0 Å². The van der Waals surface area contributed by atoms with Crippen LogP contribution in [0.25, 0.3) is 0 Å². The lowest BCUT2D eigenvalue weighted by molar-refractivity contribution is -0.0554. The Kier molecular flexibility index (Phi) is 5.02. The lowest BCUT2D eigenvalue weighted by Gasteiger charge is -2.37. The highest BCUT2D eigenvalue weighted by Crippen LogP contribution is 2.32. The summed E-state index contributed by atoms with van der Waals surface area (Å²) in [5.41, 5.74) is 0.173. The Hall–Kier alpha value is -1.00. The molecule has 0 bridgehead atoms. The van der Waals surface area contributed by atoms with E-state index in [1.165, 1.54) is 6.20 Å². The third-order valence-corrected chi connectivity index (χ3v) is 3.19. The zero-order chi connectivity index (χ0) is 12.9. The molecule has 0 spiro atoms. The zero-order valence-corrected chi connectivity index (χ0v) is 11.0. The van der Waals surface area contributed by atoms with Gasteiger partial charge in [0.2, 0.25) is 0 Å². The minimum atomic E-state index is -0.425. The Balaban J connectivity index is 3.09. The number of aromatic nitrogens is 1. The number of hydrogen-bond donors (Lipinski definition) is 1. The van der Waals surface area contributed by atoms with Crippen LogP contribution in [0.4, 0.5) is 4.39 Å². The molecule has 96 valence electrons. The van der Waals surface area contributed by atoms with Crippen LogP contribution >= 0.6 is 0 Å². The number of likely N-dealkylation sites (N-methyl/N-ethyl adjacent to an activating group) is 1. The van der Waals surface area contributed by atoms with Gasteiger partial charge in [0, 0.05) is 18.4 Å². The smallest absolute Gasteiger partial charge is 0.146 e. The minimum Gasteiger partial charge on any atom is -0.374 e. The first-order valence-corrected chi connectivity index (χ1v) is 5.99. The lowest BCUT2D eigenvalue weighted by Crippen LogP contribution is -2.42. The molecule has 1 rings (SSSR count). The highest BCUT2D eigenvalue weighted by atomic mass is 19.1. The molecule has 1 heterocycles. The maximum Gasteiger partial charge on any atom is 0.146 e. The molecule has 1 aromatic heterocycles. The predicted octanol–water partition coefficient (Wildman–Crippen LogP) is 2.69. The van der Waals surface area contributed by atoms with Gasteiger partial charge in [-0.3, -0.25) is 4.98 Å². The van der Waals surface area contributed by atoms with Crippen molar-refractivity contribution in [3.8, 4) is 0 Å². The van der Waals surface area contributed by atoms with Crippen molar-refractivity contribution in [1.82, 2.24) is 10.3 Å². The van der Waals surface area contributed by atoms with Gasteiger partial charge in [0.15, 0.2) is 0 Å². The van der Waals surface area contributed by atoms with Crippen LogP contribution in [0.3, 0.4) is 0 Å². The van der Waals surface area contributed by atoms with E-state index in [0.29, 0.717) is 12.2 Å². The molecule has 0 aromatic carbocycles. The summed E-state index contributed by atoms with van der Waals surface area (Å²) in [6.07, 6.45) is 3.64. The third-order valence-electron chi connectivity index (χ3n) is 3.19. The van der Waals surface area contributed by atoms with Crippen LogP contribution in [0.15, 0.2) is 18.5 Å². The second-order valence-electron chi connectivity index (χ2n) is 4.22. The van der Waals surface area contributed by atoms with E-state index in [4.69, 9.17) is 4.74 Å². The Labute approximate surface area is 102 Å². The van der Waals surface area contributed by atoms with Crippen molar-refractivity contribution in [2.75, 3.05) is 13.7 Å². The number of pyridine rings is 1. The first-order valence-electron chi connectivity index (χ1n) is 5.99. The Morgan fingerprint density at radius 3 is 2.71 bits per heavy atom. The molecule has 0 aliphatic heterocycles. The van der Waals surface area contributed by atoms with Gasteiger partial charge in [-0.05, 0) is 33.4 Å². The van der Waals surface area contributed by atoms with Crippen LogP contribution < -0.4 is 5.32 Å². The zero-order valence-electron chi connectivity index (χ0n) is 11.0. The largest absolute Gasteiger partial charge is 0.374 e. The number of rotatable bonds is 6. The Morgan fingerprint density at radius 1 is 1.53 bits per heavy atom. The molecule has 0 aliphatic rings. The van der Waals surface area contributed by atoms with Crippen molar-refractivity contribution in [2.24, 2.45) is 0 Å². The van der Waals surface area contributed by atoms with Crippen LogP contribution in [0, 0.1) is 5.82 Å². The van der Waals surface area contributed by atoms with E-state index in [-0.39, 0.29) is 11.9 Å². The van der Waals surface area contributed by atoms with Crippen molar-refractivity contribution < 1.29 is 9.13 Å². The summed E-state index contributed by atoms with van der Waals surface area (Å²) in [5.74, 6) is -0.300. The molecule has 2 unspecified atom stereocenters. The maximum atomic E-state index is 13.8. The van der Waals surface area contributed by atoms with E-state index in [2.05, 4.69) is 10.3 Å². The van der Waals surface area contributed by atoms with E-state index in [9.17, 15) is 4.39 Å². The van der Waals surface area contributed by atoms with Gasteiger partial charge in [-0.2, -0.15) is 0 Å². The van der Waals surface area contributed by atoms with E-state index in [1.807, 2.05) is 27.8 Å². The van der Waals surface area contributed by atoms with Gasteiger partial charge in [0.05, 0.1) is 17.8 Å². The molecule has 0 saturated carbocycles. The molecule has 17 heavy (non-hydrogen) atoms. The van der Waals surface area contributed by atoms with Crippen LogP contribution in [0.5, 0.6) is 0 Å². The van der Waals surface area contributed by atoms with E-state index >= 15 is 0 Å². The van der Waals surface area contributed by atoms with Crippen LogP contribution in [-0.4, -0.2) is 24.2 Å². The summed E-state index contributed by atoms with van der Waals surface area (Å²) < 4.78 is 19.6. The molecule has 0 aliphatic carbocycles. The second-order valence-corrected chi connectivity index (χ2v) is 4.22. The molecule has 1 N–H and O–H groups in total. The highest BCUT2D eigenvalue weighted by Gasteiger charge is 2.34. The van der Waals surface area contributed by atoms with E-state index in [0.717, 1.165) is 6.42 Å². The molecule has 3 nitrogen and oxygen atoms in total. The van der Waals surface area contributed by atoms with Gasteiger partial charge >= 0.3 is 0 Å². The van der Waals surface area contributed by atoms with E-state index < -0.39 is 5.60 Å². The molecule has 0 radical (unpaired) electrons. The molecular formula is C13H21FN2O. The molecule has 0 saturated heterocycles. The number of nitrogens with zero attached hydrogens (tertiary/aromatic N) is 1. The first kappa shape index (κ1) is 14.1. The fourth-order valence-corrected chi connectivity index (χ4v) is 2.13. The van der Waals surface area contributed by atoms with Crippen LogP contribution in [-0.2, 0) is 4.74 Å². The van der Waals surface area contributed by atoms with Crippen molar-refractivity contribution in [3.63, 3.8) is 0 Å².